The van der Waals surface area contributed by atoms with E-state index in [1.807, 2.05) is 73.7 Å². The fraction of sp³-hybridized carbons (Fsp3) is 0.250. The van der Waals surface area contributed by atoms with Crippen molar-refractivity contribution >= 4 is 17.5 Å². The van der Waals surface area contributed by atoms with Gasteiger partial charge < -0.3 is 30.2 Å². The van der Waals surface area contributed by atoms with Crippen molar-refractivity contribution in [3.63, 3.8) is 0 Å². The molecule has 42 heavy (non-hydrogen) atoms. The number of methoxy groups -OCH3 is 3. The van der Waals surface area contributed by atoms with Crippen LogP contribution in [0.25, 0.3) is 11.1 Å². The van der Waals surface area contributed by atoms with Crippen molar-refractivity contribution in [3.8, 4) is 28.8 Å². The lowest BCUT2D eigenvalue weighted by Crippen LogP contribution is -2.39. The first-order valence-electron chi connectivity index (χ1n) is 13.5. The Kier molecular flexibility index (Phi) is 10.3. The largest absolute Gasteiger partial charge is 0.497 e. The summed E-state index contributed by atoms with van der Waals surface area (Å²) in [6.45, 7) is 2.97. The molecule has 4 rings (SSSR count). The summed E-state index contributed by atoms with van der Waals surface area (Å²) in [5, 5.41) is 9.20. The number of nitrogens with one attached hydrogen (secondary N) is 3. The van der Waals surface area contributed by atoms with Gasteiger partial charge in [0.1, 0.15) is 5.75 Å². The number of rotatable bonds is 13. The number of carbonyl (C=O) groups excluding carboxylic acids is 2. The van der Waals surface area contributed by atoms with Crippen molar-refractivity contribution in [2.45, 2.75) is 12.8 Å². The molecule has 10 nitrogen and oxygen atoms in total. The fourth-order valence-electron chi connectivity index (χ4n) is 4.37. The van der Waals surface area contributed by atoms with Gasteiger partial charge in [0.25, 0.3) is 5.91 Å². The van der Waals surface area contributed by atoms with Crippen molar-refractivity contribution in [1.82, 2.24) is 20.6 Å². The van der Waals surface area contributed by atoms with Crippen LogP contribution in [0.3, 0.4) is 0 Å². The lowest BCUT2D eigenvalue weighted by Gasteiger charge is -2.19. The molecule has 0 saturated heterocycles. The maximum atomic E-state index is 13.4. The van der Waals surface area contributed by atoms with Crippen LogP contribution in [0, 0.1) is 6.92 Å². The number of anilines is 1. The summed E-state index contributed by atoms with van der Waals surface area (Å²) in [5.41, 5.74) is 4.68. The summed E-state index contributed by atoms with van der Waals surface area (Å²) in [7, 11) is 4.64. The van der Waals surface area contributed by atoms with Gasteiger partial charge in [0.2, 0.25) is 11.8 Å². The highest BCUT2D eigenvalue weighted by Gasteiger charge is 2.22. The molecule has 3 N–H and O–H groups in total. The number of hydrogen-bond acceptors (Lipinski definition) is 8. The van der Waals surface area contributed by atoms with E-state index in [9.17, 15) is 9.59 Å². The van der Waals surface area contributed by atoms with Gasteiger partial charge in [0, 0.05) is 37.1 Å². The van der Waals surface area contributed by atoms with Crippen molar-refractivity contribution < 1.29 is 23.8 Å². The molecule has 1 heterocycles. The molecule has 3 aromatic carbocycles. The van der Waals surface area contributed by atoms with E-state index in [0.717, 1.165) is 28.1 Å². The normalized spacial score (nSPS) is 11.2. The third-order valence-electron chi connectivity index (χ3n) is 6.64. The minimum absolute atomic E-state index is 0.124. The van der Waals surface area contributed by atoms with Gasteiger partial charge in [-0.25, -0.2) is 4.98 Å². The second kappa shape index (κ2) is 14.5. The zero-order valence-corrected chi connectivity index (χ0v) is 24.1. The standard InChI is InChI=1S/C32H35N5O5/c1-21-6-5-7-24(18-21)29(38)35-19-27(30(39)34-17-16-33-25-12-14-26(40-2)15-13-25)22-8-10-23(11-9-22)28-20-36-32(42-4)37-31(28)41-3/h5-15,18,20,27,33H,16-17,19H2,1-4H3,(H,34,39)(H,35,38). The summed E-state index contributed by atoms with van der Waals surface area (Å²) >= 11 is 0. The second-order valence-corrected chi connectivity index (χ2v) is 9.48. The van der Waals surface area contributed by atoms with Crippen molar-refractivity contribution in [2.24, 2.45) is 0 Å². The predicted molar refractivity (Wildman–Crippen MR) is 161 cm³/mol. The van der Waals surface area contributed by atoms with Crippen molar-refractivity contribution in [1.29, 1.82) is 0 Å². The smallest absolute Gasteiger partial charge is 0.319 e. The van der Waals surface area contributed by atoms with Gasteiger partial charge in [-0.2, -0.15) is 4.98 Å². The molecule has 0 aliphatic rings. The quantitative estimate of drug-likeness (QED) is 0.205. The molecule has 2 amide bonds. The molecule has 1 unspecified atom stereocenters. The maximum Gasteiger partial charge on any atom is 0.319 e. The molecule has 0 radical (unpaired) electrons. The number of amides is 2. The Morgan fingerprint density at radius 3 is 2.29 bits per heavy atom. The SMILES string of the molecule is COc1ccc(NCCNC(=O)C(CNC(=O)c2cccc(C)c2)c2ccc(-c3cnc(OC)nc3OC)cc2)cc1. The third-order valence-corrected chi connectivity index (χ3v) is 6.64. The number of ether oxygens (including phenoxy) is 3. The first-order valence-corrected chi connectivity index (χ1v) is 13.5. The van der Waals surface area contributed by atoms with Gasteiger partial charge in [-0.1, -0.05) is 42.0 Å². The molecule has 0 bridgehead atoms. The summed E-state index contributed by atoms with van der Waals surface area (Å²) in [5.74, 6) is 0.0819. The first kappa shape index (κ1) is 29.9. The molecular weight excluding hydrogens is 534 g/mol. The van der Waals surface area contributed by atoms with Crippen LogP contribution < -0.4 is 30.2 Å². The van der Waals surface area contributed by atoms with Gasteiger partial charge in [-0.15, -0.1) is 0 Å². The van der Waals surface area contributed by atoms with Crippen LogP contribution in [0.2, 0.25) is 0 Å². The first-order chi connectivity index (χ1) is 20.4. The second-order valence-electron chi connectivity index (χ2n) is 9.48. The van der Waals surface area contributed by atoms with Crippen molar-refractivity contribution in [3.05, 3.63) is 95.7 Å². The minimum Gasteiger partial charge on any atom is -0.497 e. The summed E-state index contributed by atoms with van der Waals surface area (Å²) < 4.78 is 15.7. The molecule has 1 atom stereocenters. The zero-order chi connectivity index (χ0) is 29.9. The third kappa shape index (κ3) is 7.75. The summed E-state index contributed by atoms with van der Waals surface area (Å²) in [6, 6.07) is 22.5. The monoisotopic (exact) mass is 569 g/mol. The average molecular weight is 570 g/mol. The van der Waals surface area contributed by atoms with E-state index in [0.29, 0.717) is 30.1 Å². The Balaban J connectivity index is 1.47. The van der Waals surface area contributed by atoms with Crippen LogP contribution in [-0.2, 0) is 4.79 Å². The van der Waals surface area contributed by atoms with E-state index in [-0.39, 0.29) is 24.4 Å². The van der Waals surface area contributed by atoms with Crippen LogP contribution >= 0.6 is 0 Å². The number of aryl methyl sites for hydroxylation is 1. The highest BCUT2D eigenvalue weighted by atomic mass is 16.5. The Bertz CT molecular complexity index is 1490. The highest BCUT2D eigenvalue weighted by Crippen LogP contribution is 2.30. The number of benzene rings is 3. The molecule has 0 spiro atoms. The van der Waals surface area contributed by atoms with E-state index < -0.39 is 5.92 Å². The zero-order valence-electron chi connectivity index (χ0n) is 24.1. The van der Waals surface area contributed by atoms with Crippen LogP contribution in [-0.4, -0.2) is 62.7 Å². The molecule has 4 aromatic rings. The topological polar surface area (TPSA) is 124 Å². The van der Waals surface area contributed by atoms with E-state index in [2.05, 4.69) is 25.9 Å². The van der Waals surface area contributed by atoms with E-state index in [4.69, 9.17) is 14.2 Å². The molecule has 1 aromatic heterocycles. The maximum absolute atomic E-state index is 13.4. The number of hydrogen-bond donors (Lipinski definition) is 3. The molecule has 218 valence electrons. The Morgan fingerprint density at radius 1 is 0.857 bits per heavy atom. The Hall–Kier alpha value is -5.12. The van der Waals surface area contributed by atoms with Crippen molar-refractivity contribution in [2.75, 3.05) is 46.3 Å². The number of aromatic nitrogens is 2. The lowest BCUT2D eigenvalue weighted by atomic mass is 9.95. The summed E-state index contributed by atoms with van der Waals surface area (Å²) in [4.78, 5) is 34.7. The minimum atomic E-state index is -0.622. The van der Waals surface area contributed by atoms with E-state index in [1.54, 1.807) is 19.4 Å². The van der Waals surface area contributed by atoms with Gasteiger partial charge in [0.15, 0.2) is 0 Å². The fourth-order valence-corrected chi connectivity index (χ4v) is 4.37. The van der Waals surface area contributed by atoms with Gasteiger partial charge in [0.05, 0.1) is 32.8 Å². The Labute approximate surface area is 245 Å². The Morgan fingerprint density at radius 2 is 1.62 bits per heavy atom. The van der Waals surface area contributed by atoms with Crippen LogP contribution in [0.4, 0.5) is 5.69 Å². The molecular formula is C32H35N5O5. The molecule has 10 heteroatoms. The molecule has 0 saturated carbocycles. The van der Waals surface area contributed by atoms with E-state index >= 15 is 0 Å². The van der Waals surface area contributed by atoms with Crippen LogP contribution in [0.15, 0.2) is 79.0 Å². The van der Waals surface area contributed by atoms with Crippen LogP contribution in [0.5, 0.6) is 17.6 Å². The van der Waals surface area contributed by atoms with Gasteiger partial charge in [-0.3, -0.25) is 9.59 Å². The summed E-state index contributed by atoms with van der Waals surface area (Å²) in [6.07, 6.45) is 1.63. The van der Waals surface area contributed by atoms with Gasteiger partial charge >= 0.3 is 6.01 Å². The highest BCUT2D eigenvalue weighted by molar-refractivity contribution is 5.95. The molecule has 0 aliphatic carbocycles. The molecule has 0 aliphatic heterocycles. The van der Waals surface area contributed by atoms with E-state index in [1.165, 1.54) is 14.2 Å². The number of carbonyl (C=O) groups is 2. The van der Waals surface area contributed by atoms with Crippen LogP contribution in [0.1, 0.15) is 27.4 Å². The average Bonchev–Trinajstić information content (AvgIpc) is 3.03. The predicted octanol–water partition coefficient (Wildman–Crippen LogP) is 4.22. The number of nitrogens with zero attached hydrogens (tertiary/aromatic N) is 2. The van der Waals surface area contributed by atoms with Gasteiger partial charge in [-0.05, 0) is 54.4 Å². The lowest BCUT2D eigenvalue weighted by molar-refractivity contribution is -0.122. The molecule has 0 fully saturated rings.